The largest absolute Gasteiger partial charge is 0.506 e. The van der Waals surface area contributed by atoms with Gasteiger partial charge in [0.15, 0.2) is 0 Å². The van der Waals surface area contributed by atoms with Crippen molar-refractivity contribution in [2.24, 2.45) is 0 Å². The van der Waals surface area contributed by atoms with Crippen molar-refractivity contribution in [2.45, 2.75) is 13.0 Å². The molecule has 0 saturated heterocycles. The molecule has 2 rings (SSSR count). The maximum absolute atomic E-state index is 13.6. The molecule has 2 aromatic rings. The number of benzene rings is 2. The molecule has 1 atom stereocenters. The molecular formula is C14H12ClF2NO. The lowest BCUT2D eigenvalue weighted by Gasteiger charge is -2.16. The maximum Gasteiger partial charge on any atom is 0.134 e. The van der Waals surface area contributed by atoms with Crippen LogP contribution in [0.25, 0.3) is 0 Å². The third kappa shape index (κ3) is 3.15. The average molecular weight is 284 g/mol. The van der Waals surface area contributed by atoms with Gasteiger partial charge in [-0.05, 0) is 31.2 Å². The highest BCUT2D eigenvalue weighted by Crippen LogP contribution is 2.28. The molecule has 0 radical (unpaired) electrons. The van der Waals surface area contributed by atoms with E-state index in [9.17, 15) is 13.9 Å². The second-order valence-electron chi connectivity index (χ2n) is 4.20. The third-order valence-electron chi connectivity index (χ3n) is 2.76. The van der Waals surface area contributed by atoms with Crippen molar-refractivity contribution in [1.29, 1.82) is 0 Å². The monoisotopic (exact) mass is 283 g/mol. The Hall–Kier alpha value is -1.81. The van der Waals surface area contributed by atoms with Crippen LogP contribution < -0.4 is 5.32 Å². The van der Waals surface area contributed by atoms with Crippen LogP contribution in [-0.4, -0.2) is 5.11 Å². The van der Waals surface area contributed by atoms with Crippen LogP contribution in [0.4, 0.5) is 14.5 Å². The van der Waals surface area contributed by atoms with Crippen molar-refractivity contribution in [3.8, 4) is 5.75 Å². The summed E-state index contributed by atoms with van der Waals surface area (Å²) in [4.78, 5) is 0. The number of halogens is 3. The Balaban J connectivity index is 2.20. The van der Waals surface area contributed by atoms with E-state index in [1.807, 2.05) is 0 Å². The van der Waals surface area contributed by atoms with Crippen molar-refractivity contribution in [3.05, 3.63) is 58.6 Å². The van der Waals surface area contributed by atoms with Crippen LogP contribution in [0.3, 0.4) is 0 Å². The van der Waals surface area contributed by atoms with E-state index in [1.165, 1.54) is 24.3 Å². The topological polar surface area (TPSA) is 32.3 Å². The van der Waals surface area contributed by atoms with E-state index in [1.54, 1.807) is 13.0 Å². The fourth-order valence-corrected chi connectivity index (χ4v) is 1.96. The van der Waals surface area contributed by atoms with Crippen LogP contribution in [-0.2, 0) is 0 Å². The van der Waals surface area contributed by atoms with Gasteiger partial charge in [-0.2, -0.15) is 0 Å². The molecule has 0 bridgehead atoms. The zero-order chi connectivity index (χ0) is 14.0. The van der Waals surface area contributed by atoms with E-state index < -0.39 is 11.6 Å². The molecule has 0 saturated carbocycles. The van der Waals surface area contributed by atoms with Crippen LogP contribution in [0, 0.1) is 11.6 Å². The molecule has 0 aromatic heterocycles. The zero-order valence-electron chi connectivity index (χ0n) is 10.1. The Bertz CT molecular complexity index is 604. The summed E-state index contributed by atoms with van der Waals surface area (Å²) in [6.45, 7) is 1.75. The number of phenolic OH excluding ortho intramolecular Hbond substituents is 1. The molecular weight excluding hydrogens is 272 g/mol. The summed E-state index contributed by atoms with van der Waals surface area (Å²) in [5, 5.41) is 12.5. The smallest absolute Gasteiger partial charge is 0.134 e. The summed E-state index contributed by atoms with van der Waals surface area (Å²) in [6.07, 6.45) is 0. The van der Waals surface area contributed by atoms with Crippen LogP contribution in [0.1, 0.15) is 18.5 Å². The predicted octanol–water partition coefficient (Wildman–Crippen LogP) is 4.50. The second-order valence-corrected chi connectivity index (χ2v) is 4.61. The molecule has 0 aliphatic heterocycles. The van der Waals surface area contributed by atoms with Crippen molar-refractivity contribution in [1.82, 2.24) is 0 Å². The summed E-state index contributed by atoms with van der Waals surface area (Å²) in [7, 11) is 0. The first kappa shape index (κ1) is 13.6. The normalized spacial score (nSPS) is 12.2. The van der Waals surface area contributed by atoms with Gasteiger partial charge in [-0.1, -0.05) is 17.7 Å². The van der Waals surface area contributed by atoms with Gasteiger partial charge in [-0.3, -0.25) is 0 Å². The quantitative estimate of drug-likeness (QED) is 0.813. The van der Waals surface area contributed by atoms with Gasteiger partial charge in [0, 0.05) is 17.3 Å². The number of hydrogen-bond acceptors (Lipinski definition) is 2. The Morgan fingerprint density at radius 2 is 1.89 bits per heavy atom. The number of aromatic hydroxyl groups is 1. The van der Waals surface area contributed by atoms with Crippen molar-refractivity contribution < 1.29 is 13.9 Å². The van der Waals surface area contributed by atoms with Gasteiger partial charge < -0.3 is 10.4 Å². The van der Waals surface area contributed by atoms with Gasteiger partial charge in [-0.25, -0.2) is 8.78 Å². The lowest BCUT2D eigenvalue weighted by Crippen LogP contribution is -2.08. The highest BCUT2D eigenvalue weighted by Gasteiger charge is 2.12. The molecule has 2 nitrogen and oxygen atoms in total. The lowest BCUT2D eigenvalue weighted by atomic mass is 10.1. The summed E-state index contributed by atoms with van der Waals surface area (Å²) < 4.78 is 26.4. The van der Waals surface area contributed by atoms with Crippen LogP contribution in [0.5, 0.6) is 5.75 Å². The first-order valence-electron chi connectivity index (χ1n) is 5.67. The van der Waals surface area contributed by atoms with Gasteiger partial charge in [0.1, 0.15) is 17.4 Å². The summed E-state index contributed by atoms with van der Waals surface area (Å²) in [5.74, 6) is -1.24. The standard InChI is InChI=1S/C14H12ClF2NO/c1-8(11-4-2-9(16)6-13(11)17)18-10-3-5-14(19)12(15)7-10/h2-8,18-19H,1H3. The summed E-state index contributed by atoms with van der Waals surface area (Å²) in [5.41, 5.74) is 0.990. The first-order chi connectivity index (χ1) is 8.97. The molecule has 1 unspecified atom stereocenters. The molecule has 0 fully saturated rings. The number of rotatable bonds is 3. The van der Waals surface area contributed by atoms with Gasteiger partial charge in [-0.15, -0.1) is 0 Å². The van der Waals surface area contributed by atoms with Crippen molar-refractivity contribution in [2.75, 3.05) is 5.32 Å². The first-order valence-corrected chi connectivity index (χ1v) is 6.05. The molecule has 19 heavy (non-hydrogen) atoms. The Labute approximate surface area is 114 Å². The Morgan fingerprint density at radius 1 is 1.16 bits per heavy atom. The van der Waals surface area contributed by atoms with Gasteiger partial charge >= 0.3 is 0 Å². The Morgan fingerprint density at radius 3 is 2.53 bits per heavy atom. The lowest BCUT2D eigenvalue weighted by molar-refractivity contribution is 0.475. The molecule has 0 aliphatic carbocycles. The molecule has 0 heterocycles. The van der Waals surface area contributed by atoms with E-state index in [0.29, 0.717) is 11.3 Å². The predicted molar refractivity (Wildman–Crippen MR) is 71.5 cm³/mol. The van der Waals surface area contributed by atoms with E-state index in [4.69, 9.17) is 11.6 Å². The molecule has 2 aromatic carbocycles. The number of nitrogens with one attached hydrogen (secondary N) is 1. The summed E-state index contributed by atoms with van der Waals surface area (Å²) in [6, 6.07) is 7.69. The highest BCUT2D eigenvalue weighted by atomic mass is 35.5. The number of hydrogen-bond donors (Lipinski definition) is 2. The molecule has 5 heteroatoms. The molecule has 100 valence electrons. The summed E-state index contributed by atoms with van der Waals surface area (Å²) >= 11 is 5.78. The fraction of sp³-hybridized carbons (Fsp3) is 0.143. The van der Waals surface area contributed by atoms with E-state index in [-0.39, 0.29) is 16.8 Å². The Kier molecular flexibility index (Phi) is 3.90. The fourth-order valence-electron chi connectivity index (χ4n) is 1.78. The minimum atomic E-state index is -0.610. The minimum Gasteiger partial charge on any atom is -0.506 e. The minimum absolute atomic E-state index is 0.0205. The highest BCUT2D eigenvalue weighted by molar-refractivity contribution is 6.32. The van der Waals surface area contributed by atoms with Crippen LogP contribution in [0.15, 0.2) is 36.4 Å². The molecule has 0 spiro atoms. The van der Waals surface area contributed by atoms with Crippen LogP contribution >= 0.6 is 11.6 Å². The van der Waals surface area contributed by atoms with E-state index >= 15 is 0 Å². The molecule has 0 amide bonds. The van der Waals surface area contributed by atoms with Crippen molar-refractivity contribution in [3.63, 3.8) is 0 Å². The number of phenols is 1. The maximum atomic E-state index is 13.6. The van der Waals surface area contributed by atoms with Gasteiger partial charge in [0.2, 0.25) is 0 Å². The van der Waals surface area contributed by atoms with E-state index in [2.05, 4.69) is 5.32 Å². The van der Waals surface area contributed by atoms with Gasteiger partial charge in [0.05, 0.1) is 11.1 Å². The van der Waals surface area contributed by atoms with Crippen molar-refractivity contribution >= 4 is 17.3 Å². The van der Waals surface area contributed by atoms with E-state index in [0.717, 1.165) is 6.07 Å². The van der Waals surface area contributed by atoms with Crippen LogP contribution in [0.2, 0.25) is 5.02 Å². The SMILES string of the molecule is CC(Nc1ccc(O)c(Cl)c1)c1ccc(F)cc1F. The third-order valence-corrected chi connectivity index (χ3v) is 3.06. The second kappa shape index (κ2) is 5.45. The molecule has 0 aliphatic rings. The average Bonchev–Trinajstić information content (AvgIpc) is 2.33. The zero-order valence-corrected chi connectivity index (χ0v) is 10.9. The van der Waals surface area contributed by atoms with Gasteiger partial charge in [0.25, 0.3) is 0 Å². The molecule has 2 N–H and O–H groups in total. The number of anilines is 1.